The molecule has 0 bridgehead atoms. The molecule has 1 aromatic heterocycles. The van der Waals surface area contributed by atoms with Gasteiger partial charge in [0.1, 0.15) is 24.2 Å². The number of likely N-dealkylation sites (N-methyl/N-ethyl adjacent to an activating group) is 1. The maximum atomic E-state index is 13.1. The number of nitrogens with two attached hydrogens (primary N) is 1. The second-order valence-electron chi connectivity index (χ2n) is 7.94. The molecular formula is C21H28N4O2. The van der Waals surface area contributed by atoms with Crippen molar-refractivity contribution in [1.29, 1.82) is 0 Å². The first-order chi connectivity index (χ1) is 13.1. The van der Waals surface area contributed by atoms with Crippen LogP contribution in [0.5, 0.6) is 5.75 Å². The molecule has 2 atom stereocenters. The highest BCUT2D eigenvalue weighted by atomic mass is 16.5. The zero-order valence-corrected chi connectivity index (χ0v) is 15.9. The van der Waals surface area contributed by atoms with Gasteiger partial charge in [-0.2, -0.15) is 0 Å². The number of aromatic nitrogens is 1. The first-order valence-electron chi connectivity index (χ1n) is 9.85. The van der Waals surface area contributed by atoms with Crippen molar-refractivity contribution in [3.63, 3.8) is 0 Å². The number of ether oxygens (including phenoxy) is 1. The number of fused-ring (bicyclic) bond motifs is 1. The van der Waals surface area contributed by atoms with Gasteiger partial charge in [0.2, 0.25) is 5.91 Å². The van der Waals surface area contributed by atoms with Crippen LogP contribution in [0, 0.1) is 5.92 Å². The van der Waals surface area contributed by atoms with Gasteiger partial charge in [-0.05, 0) is 12.3 Å². The first-order valence-corrected chi connectivity index (χ1v) is 9.85. The van der Waals surface area contributed by atoms with Gasteiger partial charge in [0.05, 0.1) is 6.20 Å². The van der Waals surface area contributed by atoms with E-state index in [1.54, 1.807) is 18.1 Å². The molecule has 1 saturated heterocycles. The van der Waals surface area contributed by atoms with E-state index >= 15 is 0 Å². The van der Waals surface area contributed by atoms with E-state index in [1.165, 1.54) is 32.1 Å². The summed E-state index contributed by atoms with van der Waals surface area (Å²) in [5, 5.41) is 5.37. The highest BCUT2D eigenvalue weighted by molar-refractivity contribution is 5.89. The smallest absolute Gasteiger partial charge is 0.248 e. The van der Waals surface area contributed by atoms with E-state index < -0.39 is 11.8 Å². The molecule has 2 heterocycles. The average Bonchev–Trinajstić information content (AvgIpc) is 2.91. The lowest BCUT2D eigenvalue weighted by Crippen LogP contribution is -2.54. The largest absolute Gasteiger partial charge is 0.489 e. The summed E-state index contributed by atoms with van der Waals surface area (Å²) in [7, 11) is 1.75. The predicted octanol–water partition coefficient (Wildman–Crippen LogP) is 2.63. The molecule has 1 saturated carbocycles. The maximum Gasteiger partial charge on any atom is 0.248 e. The van der Waals surface area contributed by atoms with Crippen LogP contribution < -0.4 is 15.8 Å². The van der Waals surface area contributed by atoms with Gasteiger partial charge in [0, 0.05) is 24.0 Å². The number of hydrogen-bond acceptors (Lipinski definition) is 5. The van der Waals surface area contributed by atoms with E-state index in [9.17, 15) is 4.79 Å². The molecule has 1 aliphatic heterocycles. The SMILES string of the molecule is CN1C(=O)C(COc2cncc3ccccc23)(CC2CCCCC2)NC1N. The number of hydrogen-bond donors (Lipinski definition) is 2. The van der Waals surface area contributed by atoms with Crippen LogP contribution in [0.3, 0.4) is 0 Å². The molecule has 27 heavy (non-hydrogen) atoms. The van der Waals surface area contributed by atoms with E-state index in [1.807, 2.05) is 30.5 Å². The van der Waals surface area contributed by atoms with E-state index in [0.717, 1.165) is 17.2 Å². The molecule has 6 nitrogen and oxygen atoms in total. The average molecular weight is 368 g/mol. The summed E-state index contributed by atoms with van der Waals surface area (Å²) < 4.78 is 6.19. The minimum absolute atomic E-state index is 0.0220. The van der Waals surface area contributed by atoms with Crippen LogP contribution in [0.4, 0.5) is 0 Å². The molecule has 1 aromatic carbocycles. The Kier molecular flexibility index (Phi) is 5.02. The fourth-order valence-electron chi connectivity index (χ4n) is 4.50. The summed E-state index contributed by atoms with van der Waals surface area (Å²) in [4.78, 5) is 19.0. The van der Waals surface area contributed by atoms with Crippen molar-refractivity contribution in [3.05, 3.63) is 36.7 Å². The summed E-state index contributed by atoms with van der Waals surface area (Å²) in [6.45, 7) is 0.260. The Bertz CT molecular complexity index is 815. The van der Waals surface area contributed by atoms with Crippen molar-refractivity contribution in [1.82, 2.24) is 15.2 Å². The molecule has 1 aliphatic carbocycles. The summed E-state index contributed by atoms with van der Waals surface area (Å²) in [6, 6.07) is 7.99. The second-order valence-corrected chi connectivity index (χ2v) is 7.94. The number of rotatable bonds is 5. The maximum absolute atomic E-state index is 13.1. The lowest BCUT2D eigenvalue weighted by atomic mass is 9.79. The fourth-order valence-corrected chi connectivity index (χ4v) is 4.50. The Morgan fingerprint density at radius 3 is 2.78 bits per heavy atom. The normalized spacial score (nSPS) is 26.7. The van der Waals surface area contributed by atoms with E-state index in [2.05, 4.69) is 10.3 Å². The Balaban J connectivity index is 1.58. The fraction of sp³-hybridized carbons (Fsp3) is 0.524. The molecular weight excluding hydrogens is 340 g/mol. The highest BCUT2D eigenvalue weighted by Gasteiger charge is 2.50. The Morgan fingerprint density at radius 1 is 1.26 bits per heavy atom. The molecule has 2 aromatic rings. The zero-order chi connectivity index (χ0) is 18.9. The number of carbonyl (C=O) groups excluding carboxylic acids is 1. The Morgan fingerprint density at radius 2 is 2.04 bits per heavy atom. The lowest BCUT2D eigenvalue weighted by Gasteiger charge is -2.33. The van der Waals surface area contributed by atoms with Crippen LogP contribution in [0.1, 0.15) is 38.5 Å². The molecule has 0 radical (unpaired) electrons. The van der Waals surface area contributed by atoms with Crippen molar-refractivity contribution in [2.45, 2.75) is 50.4 Å². The number of nitrogens with zero attached hydrogens (tertiary/aromatic N) is 2. The minimum atomic E-state index is -0.771. The lowest BCUT2D eigenvalue weighted by molar-refractivity contribution is -0.133. The Labute approximate surface area is 160 Å². The molecule has 6 heteroatoms. The number of nitrogens with one attached hydrogen (secondary N) is 1. The molecule has 4 rings (SSSR count). The van der Waals surface area contributed by atoms with Crippen molar-refractivity contribution < 1.29 is 9.53 Å². The number of amides is 1. The molecule has 2 unspecified atom stereocenters. The van der Waals surface area contributed by atoms with Crippen LogP contribution in [-0.2, 0) is 4.79 Å². The molecule has 2 fully saturated rings. The van der Waals surface area contributed by atoms with Crippen molar-refractivity contribution in [2.75, 3.05) is 13.7 Å². The van der Waals surface area contributed by atoms with Gasteiger partial charge in [0.25, 0.3) is 0 Å². The topological polar surface area (TPSA) is 80.5 Å². The van der Waals surface area contributed by atoms with Gasteiger partial charge < -0.3 is 9.64 Å². The van der Waals surface area contributed by atoms with Gasteiger partial charge in [-0.3, -0.25) is 20.8 Å². The van der Waals surface area contributed by atoms with Gasteiger partial charge >= 0.3 is 0 Å². The minimum Gasteiger partial charge on any atom is -0.489 e. The van der Waals surface area contributed by atoms with E-state index in [4.69, 9.17) is 10.5 Å². The molecule has 3 N–H and O–H groups in total. The number of carbonyl (C=O) groups is 1. The quantitative estimate of drug-likeness (QED) is 0.848. The van der Waals surface area contributed by atoms with Gasteiger partial charge in [0.15, 0.2) is 0 Å². The van der Waals surface area contributed by atoms with Crippen molar-refractivity contribution >= 4 is 16.7 Å². The summed E-state index contributed by atoms with van der Waals surface area (Å²) >= 11 is 0. The molecule has 144 valence electrons. The van der Waals surface area contributed by atoms with Crippen LogP contribution in [0.25, 0.3) is 10.8 Å². The predicted molar refractivity (Wildman–Crippen MR) is 105 cm³/mol. The van der Waals surface area contributed by atoms with E-state index in [-0.39, 0.29) is 12.5 Å². The standard InChI is InChI=1S/C21H28N4O2/c1-25-19(26)21(24-20(25)22,11-15-7-3-2-4-8-15)14-27-18-13-23-12-16-9-5-6-10-17(16)18/h5-6,9-10,12-13,15,20,24H,2-4,7-8,11,14,22H2,1H3. The summed E-state index contributed by atoms with van der Waals surface area (Å²) in [5.41, 5.74) is 5.36. The summed E-state index contributed by atoms with van der Waals surface area (Å²) in [5.74, 6) is 1.26. The van der Waals surface area contributed by atoms with Crippen LogP contribution in [0.2, 0.25) is 0 Å². The third-order valence-corrected chi connectivity index (χ3v) is 6.04. The van der Waals surface area contributed by atoms with Gasteiger partial charge in [-0.25, -0.2) is 0 Å². The van der Waals surface area contributed by atoms with Crippen molar-refractivity contribution in [2.24, 2.45) is 11.7 Å². The second kappa shape index (κ2) is 7.44. The van der Waals surface area contributed by atoms with Crippen molar-refractivity contribution in [3.8, 4) is 5.75 Å². The third kappa shape index (κ3) is 3.51. The molecule has 2 aliphatic rings. The number of pyridine rings is 1. The Hall–Kier alpha value is -2.18. The first kappa shape index (κ1) is 18.2. The third-order valence-electron chi connectivity index (χ3n) is 6.04. The molecule has 0 spiro atoms. The van der Waals surface area contributed by atoms with Crippen LogP contribution in [-0.4, -0.2) is 41.3 Å². The number of benzene rings is 1. The van der Waals surface area contributed by atoms with Gasteiger partial charge in [-0.15, -0.1) is 0 Å². The van der Waals surface area contributed by atoms with Gasteiger partial charge in [-0.1, -0.05) is 56.4 Å². The monoisotopic (exact) mass is 368 g/mol. The van der Waals surface area contributed by atoms with E-state index in [0.29, 0.717) is 11.7 Å². The molecule has 1 amide bonds. The zero-order valence-electron chi connectivity index (χ0n) is 15.9. The van der Waals surface area contributed by atoms with Crippen LogP contribution >= 0.6 is 0 Å². The summed E-state index contributed by atoms with van der Waals surface area (Å²) in [6.07, 6.45) is 9.95. The highest BCUT2D eigenvalue weighted by Crippen LogP contribution is 2.35. The van der Waals surface area contributed by atoms with Crippen LogP contribution in [0.15, 0.2) is 36.7 Å².